The number of nitrogens with one attached hydrogen (secondary N) is 1. The van der Waals surface area contributed by atoms with E-state index in [4.69, 9.17) is 4.74 Å². The molecule has 0 bridgehead atoms. The number of aliphatic imine (C=N–C) groups is 1. The van der Waals surface area contributed by atoms with E-state index in [1.165, 1.54) is 19.3 Å². The summed E-state index contributed by atoms with van der Waals surface area (Å²) in [4.78, 5) is 9.47. The van der Waals surface area contributed by atoms with Crippen LogP contribution >= 0.6 is 24.0 Å². The van der Waals surface area contributed by atoms with Gasteiger partial charge in [0, 0.05) is 45.8 Å². The molecule has 2 aliphatic rings. The zero-order chi connectivity index (χ0) is 16.0. The van der Waals surface area contributed by atoms with Gasteiger partial charge in [0.25, 0.3) is 0 Å². The smallest absolute Gasteiger partial charge is 0.193 e. The van der Waals surface area contributed by atoms with Crippen molar-refractivity contribution in [2.45, 2.75) is 46.1 Å². The van der Waals surface area contributed by atoms with Crippen LogP contribution in [-0.4, -0.2) is 74.8 Å². The normalized spacial score (nSPS) is 23.7. The van der Waals surface area contributed by atoms with Crippen LogP contribution in [0.5, 0.6) is 0 Å². The summed E-state index contributed by atoms with van der Waals surface area (Å²) in [5.74, 6) is 1.07. The van der Waals surface area contributed by atoms with E-state index in [0.29, 0.717) is 11.5 Å². The van der Waals surface area contributed by atoms with Gasteiger partial charge in [0.05, 0.1) is 13.2 Å². The summed E-state index contributed by atoms with van der Waals surface area (Å²) < 4.78 is 5.46. The van der Waals surface area contributed by atoms with Crippen LogP contribution in [0.15, 0.2) is 4.99 Å². The molecule has 23 heavy (non-hydrogen) atoms. The number of hydrogen-bond acceptors (Lipinski definition) is 3. The summed E-state index contributed by atoms with van der Waals surface area (Å²) in [6.45, 7) is 14.1. The summed E-state index contributed by atoms with van der Waals surface area (Å²) in [6, 6.07) is 0.664. The first-order chi connectivity index (χ1) is 10.5. The Morgan fingerprint density at radius 2 is 1.91 bits per heavy atom. The summed E-state index contributed by atoms with van der Waals surface area (Å²) in [6.07, 6.45) is 3.68. The molecule has 0 amide bonds. The molecule has 0 aromatic rings. The van der Waals surface area contributed by atoms with Gasteiger partial charge < -0.3 is 15.0 Å². The highest BCUT2D eigenvalue weighted by atomic mass is 127. The number of guanidine groups is 1. The highest BCUT2D eigenvalue weighted by molar-refractivity contribution is 14.0. The zero-order valence-corrected chi connectivity index (χ0v) is 17.6. The highest BCUT2D eigenvalue weighted by Gasteiger charge is 2.30. The average molecular weight is 438 g/mol. The van der Waals surface area contributed by atoms with Crippen molar-refractivity contribution < 1.29 is 4.74 Å². The lowest BCUT2D eigenvalue weighted by Crippen LogP contribution is -2.46. The third-order valence-electron chi connectivity index (χ3n) is 4.62. The largest absolute Gasteiger partial charge is 0.379 e. The fourth-order valence-corrected chi connectivity index (χ4v) is 3.33. The Labute approximate surface area is 159 Å². The van der Waals surface area contributed by atoms with Crippen LogP contribution < -0.4 is 5.32 Å². The Morgan fingerprint density at radius 3 is 2.52 bits per heavy atom. The van der Waals surface area contributed by atoms with E-state index in [0.717, 1.165) is 51.9 Å². The molecular formula is C17H35IN4O. The van der Waals surface area contributed by atoms with Crippen molar-refractivity contribution >= 4 is 29.9 Å². The molecular weight excluding hydrogens is 403 g/mol. The maximum absolute atomic E-state index is 5.46. The standard InChI is InChI=1S/C17H34N4O.HI/c1-17(2,3)7-5-8-19-16(18-4)21-9-6-15(14-21)20-10-12-22-13-11-20;/h15H,5-14H2,1-4H3,(H,18,19);1H. The maximum atomic E-state index is 5.46. The molecule has 2 saturated heterocycles. The quantitative estimate of drug-likeness (QED) is 0.317. The second kappa shape index (κ2) is 10.0. The number of hydrogen-bond donors (Lipinski definition) is 1. The Hall–Kier alpha value is -0.0800. The van der Waals surface area contributed by atoms with Gasteiger partial charge in [-0.25, -0.2) is 0 Å². The molecule has 5 nitrogen and oxygen atoms in total. The van der Waals surface area contributed by atoms with E-state index in [1.54, 1.807) is 0 Å². The van der Waals surface area contributed by atoms with Crippen LogP contribution in [0.25, 0.3) is 0 Å². The van der Waals surface area contributed by atoms with Crippen LogP contribution in [0.4, 0.5) is 0 Å². The summed E-state index contributed by atoms with van der Waals surface area (Å²) in [5.41, 5.74) is 0.417. The molecule has 136 valence electrons. The molecule has 0 aliphatic carbocycles. The zero-order valence-electron chi connectivity index (χ0n) is 15.3. The third-order valence-corrected chi connectivity index (χ3v) is 4.62. The van der Waals surface area contributed by atoms with Crippen LogP contribution in [0.2, 0.25) is 0 Å². The molecule has 2 aliphatic heterocycles. The molecule has 1 unspecified atom stereocenters. The van der Waals surface area contributed by atoms with Crippen LogP contribution in [0, 0.1) is 5.41 Å². The van der Waals surface area contributed by atoms with Crippen molar-refractivity contribution in [3.63, 3.8) is 0 Å². The van der Waals surface area contributed by atoms with Gasteiger partial charge in [0.15, 0.2) is 5.96 Å². The predicted molar refractivity (Wildman–Crippen MR) is 108 cm³/mol. The number of likely N-dealkylation sites (tertiary alicyclic amines) is 1. The Morgan fingerprint density at radius 1 is 1.22 bits per heavy atom. The number of morpholine rings is 1. The van der Waals surface area contributed by atoms with Gasteiger partial charge in [-0.1, -0.05) is 20.8 Å². The molecule has 0 radical (unpaired) electrons. The van der Waals surface area contributed by atoms with Gasteiger partial charge in [-0.2, -0.15) is 0 Å². The van der Waals surface area contributed by atoms with Gasteiger partial charge in [-0.15, -0.1) is 24.0 Å². The molecule has 6 heteroatoms. The van der Waals surface area contributed by atoms with E-state index >= 15 is 0 Å². The fraction of sp³-hybridized carbons (Fsp3) is 0.941. The van der Waals surface area contributed by atoms with E-state index < -0.39 is 0 Å². The topological polar surface area (TPSA) is 40.1 Å². The number of halogens is 1. The van der Waals surface area contributed by atoms with Gasteiger partial charge >= 0.3 is 0 Å². The van der Waals surface area contributed by atoms with Crippen molar-refractivity contribution in [3.8, 4) is 0 Å². The van der Waals surface area contributed by atoms with E-state index in [1.807, 2.05) is 7.05 Å². The van der Waals surface area contributed by atoms with Crippen LogP contribution in [0.1, 0.15) is 40.0 Å². The SMILES string of the molecule is CN=C(NCCCC(C)(C)C)N1CCC(N2CCOCC2)C1.I. The lowest BCUT2D eigenvalue weighted by atomic mass is 9.91. The first-order valence-electron chi connectivity index (χ1n) is 8.77. The monoisotopic (exact) mass is 438 g/mol. The second-order valence-electron chi connectivity index (χ2n) is 7.68. The number of nitrogens with zero attached hydrogens (tertiary/aromatic N) is 3. The first kappa shape index (κ1) is 21.0. The summed E-state index contributed by atoms with van der Waals surface area (Å²) in [5, 5.41) is 3.54. The molecule has 0 spiro atoms. The molecule has 1 atom stereocenters. The van der Waals surface area contributed by atoms with E-state index in [9.17, 15) is 0 Å². The minimum absolute atomic E-state index is 0. The van der Waals surface area contributed by atoms with Crippen molar-refractivity contribution in [3.05, 3.63) is 0 Å². The summed E-state index contributed by atoms with van der Waals surface area (Å²) >= 11 is 0. The van der Waals surface area contributed by atoms with Crippen molar-refractivity contribution in [1.29, 1.82) is 0 Å². The molecule has 1 N–H and O–H groups in total. The van der Waals surface area contributed by atoms with Crippen molar-refractivity contribution in [1.82, 2.24) is 15.1 Å². The Balaban J connectivity index is 0.00000264. The minimum Gasteiger partial charge on any atom is -0.379 e. The van der Waals surface area contributed by atoms with Crippen LogP contribution in [0.3, 0.4) is 0 Å². The highest BCUT2D eigenvalue weighted by Crippen LogP contribution is 2.20. The number of ether oxygens (including phenoxy) is 1. The van der Waals surface area contributed by atoms with Gasteiger partial charge in [-0.3, -0.25) is 9.89 Å². The second-order valence-corrected chi connectivity index (χ2v) is 7.68. The summed E-state index contributed by atoms with van der Waals surface area (Å²) in [7, 11) is 1.90. The maximum Gasteiger partial charge on any atom is 0.193 e. The van der Waals surface area contributed by atoms with E-state index in [2.05, 4.69) is 40.9 Å². The van der Waals surface area contributed by atoms with Gasteiger partial charge in [0.1, 0.15) is 0 Å². The lowest BCUT2D eigenvalue weighted by Gasteiger charge is -2.32. The van der Waals surface area contributed by atoms with Crippen LogP contribution in [-0.2, 0) is 4.74 Å². The fourth-order valence-electron chi connectivity index (χ4n) is 3.33. The molecule has 2 heterocycles. The van der Waals surface area contributed by atoms with Crippen molar-refractivity contribution in [2.24, 2.45) is 10.4 Å². The molecule has 2 rings (SSSR count). The molecule has 0 aromatic carbocycles. The van der Waals surface area contributed by atoms with Crippen molar-refractivity contribution in [2.75, 3.05) is 53.0 Å². The Kier molecular flexibility index (Phi) is 9.15. The predicted octanol–water partition coefficient (Wildman–Crippen LogP) is 2.41. The average Bonchev–Trinajstić information content (AvgIpc) is 2.97. The third kappa shape index (κ3) is 7.13. The molecule has 0 saturated carbocycles. The first-order valence-corrected chi connectivity index (χ1v) is 8.77. The molecule has 2 fully saturated rings. The number of rotatable bonds is 4. The van der Waals surface area contributed by atoms with E-state index in [-0.39, 0.29) is 24.0 Å². The minimum atomic E-state index is 0. The molecule has 0 aromatic heterocycles. The lowest BCUT2D eigenvalue weighted by molar-refractivity contribution is 0.0195. The van der Waals surface area contributed by atoms with Gasteiger partial charge in [-0.05, 0) is 24.7 Å². The van der Waals surface area contributed by atoms with Gasteiger partial charge in [0.2, 0.25) is 0 Å². The Bertz CT molecular complexity index is 364.